The van der Waals surface area contributed by atoms with Gasteiger partial charge in [-0.05, 0) is 24.5 Å². The summed E-state index contributed by atoms with van der Waals surface area (Å²) < 4.78 is 5.07. The highest BCUT2D eigenvalue weighted by Crippen LogP contribution is 2.34. The second-order valence-electron chi connectivity index (χ2n) is 4.04. The summed E-state index contributed by atoms with van der Waals surface area (Å²) in [6, 6.07) is 5.37. The van der Waals surface area contributed by atoms with E-state index in [2.05, 4.69) is 12.3 Å². The monoisotopic (exact) mass is 276 g/mol. The van der Waals surface area contributed by atoms with Crippen LogP contribution < -0.4 is 11.3 Å². The van der Waals surface area contributed by atoms with E-state index in [9.17, 15) is 0 Å². The van der Waals surface area contributed by atoms with Crippen molar-refractivity contribution in [1.29, 1.82) is 0 Å². The molecule has 1 aromatic carbocycles. The third kappa shape index (κ3) is 3.83. The zero-order valence-electron chi connectivity index (χ0n) is 10.0. The fourth-order valence-electron chi connectivity index (χ4n) is 1.81. The van der Waals surface area contributed by atoms with Gasteiger partial charge in [-0.3, -0.25) is 11.3 Å². The van der Waals surface area contributed by atoms with E-state index in [1.807, 2.05) is 18.2 Å². The van der Waals surface area contributed by atoms with Crippen molar-refractivity contribution in [3.05, 3.63) is 33.8 Å². The Kier molecular flexibility index (Phi) is 6.23. The first-order valence-electron chi connectivity index (χ1n) is 5.50. The van der Waals surface area contributed by atoms with E-state index in [0.717, 1.165) is 12.0 Å². The topological polar surface area (TPSA) is 47.3 Å². The maximum atomic E-state index is 6.17. The van der Waals surface area contributed by atoms with Crippen LogP contribution in [0, 0.1) is 5.92 Å². The van der Waals surface area contributed by atoms with Crippen LogP contribution in [0.2, 0.25) is 10.0 Å². The van der Waals surface area contributed by atoms with Crippen molar-refractivity contribution in [3.63, 3.8) is 0 Å². The maximum Gasteiger partial charge on any atom is 0.0515 e. The maximum absolute atomic E-state index is 6.17. The van der Waals surface area contributed by atoms with Gasteiger partial charge >= 0.3 is 0 Å². The molecule has 0 saturated carbocycles. The first kappa shape index (κ1) is 14.7. The van der Waals surface area contributed by atoms with Crippen LogP contribution in [-0.2, 0) is 4.74 Å². The summed E-state index contributed by atoms with van der Waals surface area (Å²) in [5.41, 5.74) is 3.63. The predicted octanol–water partition coefficient (Wildman–Crippen LogP) is 3.17. The molecule has 0 fully saturated rings. The number of methoxy groups -OCH3 is 1. The Balaban J connectivity index is 2.93. The minimum atomic E-state index is -0.0775. The number of hydrazine groups is 1. The molecule has 0 spiro atoms. The molecular formula is C12H18Cl2N2O. The molecule has 0 saturated heterocycles. The fourth-order valence-corrected chi connectivity index (χ4v) is 2.44. The van der Waals surface area contributed by atoms with E-state index < -0.39 is 0 Å². The van der Waals surface area contributed by atoms with E-state index in [0.29, 0.717) is 16.7 Å². The highest BCUT2D eigenvalue weighted by Gasteiger charge is 2.22. The lowest BCUT2D eigenvalue weighted by Gasteiger charge is -2.25. The third-order valence-corrected chi connectivity index (χ3v) is 3.50. The number of benzene rings is 1. The summed E-state index contributed by atoms with van der Waals surface area (Å²) in [5, 5.41) is 1.26. The Morgan fingerprint density at radius 1 is 1.35 bits per heavy atom. The molecule has 0 aliphatic carbocycles. The van der Waals surface area contributed by atoms with Gasteiger partial charge in [-0.15, -0.1) is 0 Å². The zero-order valence-corrected chi connectivity index (χ0v) is 11.6. The Bertz CT molecular complexity index is 340. The van der Waals surface area contributed by atoms with Crippen LogP contribution in [0.15, 0.2) is 18.2 Å². The zero-order chi connectivity index (χ0) is 12.8. The van der Waals surface area contributed by atoms with Gasteiger partial charge in [-0.2, -0.15) is 0 Å². The van der Waals surface area contributed by atoms with Gasteiger partial charge in [-0.1, -0.05) is 36.2 Å². The molecule has 2 unspecified atom stereocenters. The van der Waals surface area contributed by atoms with Crippen molar-refractivity contribution >= 4 is 23.2 Å². The number of ether oxygens (including phenoxy) is 1. The second-order valence-corrected chi connectivity index (χ2v) is 4.85. The molecule has 0 radical (unpaired) electrons. The number of hydrogen-bond donors (Lipinski definition) is 2. The van der Waals surface area contributed by atoms with Crippen LogP contribution in [0.25, 0.3) is 0 Å². The molecule has 2 atom stereocenters. The van der Waals surface area contributed by atoms with Crippen LogP contribution in [0.4, 0.5) is 0 Å². The molecular weight excluding hydrogens is 259 g/mol. The minimum absolute atomic E-state index is 0.0775. The van der Waals surface area contributed by atoms with Crippen LogP contribution >= 0.6 is 23.2 Å². The number of nitrogens with two attached hydrogens (primary N) is 1. The SMILES string of the molecule is COCCC(C)C(NN)c1c(Cl)cccc1Cl. The summed E-state index contributed by atoms with van der Waals surface area (Å²) in [6.07, 6.45) is 0.882. The Hall–Kier alpha value is -0.320. The van der Waals surface area contributed by atoms with Crippen molar-refractivity contribution in [1.82, 2.24) is 5.43 Å². The molecule has 96 valence electrons. The summed E-state index contributed by atoms with van der Waals surface area (Å²) in [6.45, 7) is 2.77. The third-order valence-electron chi connectivity index (χ3n) is 2.84. The van der Waals surface area contributed by atoms with E-state index in [1.165, 1.54) is 0 Å². The van der Waals surface area contributed by atoms with Crippen molar-refractivity contribution < 1.29 is 4.74 Å². The lowest BCUT2D eigenvalue weighted by molar-refractivity contribution is 0.170. The minimum Gasteiger partial charge on any atom is -0.385 e. The molecule has 1 aromatic rings. The van der Waals surface area contributed by atoms with Gasteiger partial charge in [0.25, 0.3) is 0 Å². The fraction of sp³-hybridized carbons (Fsp3) is 0.500. The Morgan fingerprint density at radius 3 is 2.41 bits per heavy atom. The van der Waals surface area contributed by atoms with E-state index in [1.54, 1.807) is 7.11 Å². The summed E-state index contributed by atoms with van der Waals surface area (Å²) >= 11 is 12.3. The van der Waals surface area contributed by atoms with Crippen LogP contribution in [0.5, 0.6) is 0 Å². The number of hydrogen-bond acceptors (Lipinski definition) is 3. The van der Waals surface area contributed by atoms with Crippen molar-refractivity contribution in [3.8, 4) is 0 Å². The molecule has 0 aromatic heterocycles. The van der Waals surface area contributed by atoms with Gasteiger partial charge < -0.3 is 4.74 Å². The summed E-state index contributed by atoms with van der Waals surface area (Å²) in [4.78, 5) is 0. The average molecular weight is 277 g/mol. The molecule has 0 heterocycles. The van der Waals surface area contributed by atoms with Crippen LogP contribution in [0.3, 0.4) is 0 Å². The van der Waals surface area contributed by atoms with Gasteiger partial charge in [0.1, 0.15) is 0 Å². The van der Waals surface area contributed by atoms with Gasteiger partial charge in [0.2, 0.25) is 0 Å². The largest absolute Gasteiger partial charge is 0.385 e. The lowest BCUT2D eigenvalue weighted by Crippen LogP contribution is -2.33. The van der Waals surface area contributed by atoms with E-state index >= 15 is 0 Å². The quantitative estimate of drug-likeness (QED) is 0.620. The molecule has 3 nitrogen and oxygen atoms in total. The summed E-state index contributed by atoms with van der Waals surface area (Å²) in [7, 11) is 1.68. The van der Waals surface area contributed by atoms with Crippen LogP contribution in [0.1, 0.15) is 24.9 Å². The normalized spacial score (nSPS) is 14.6. The van der Waals surface area contributed by atoms with Crippen LogP contribution in [-0.4, -0.2) is 13.7 Å². The number of halogens is 2. The first-order valence-corrected chi connectivity index (χ1v) is 6.26. The average Bonchev–Trinajstić information content (AvgIpc) is 2.31. The molecule has 1 rings (SSSR count). The van der Waals surface area contributed by atoms with Gasteiger partial charge in [0.05, 0.1) is 6.04 Å². The standard InChI is InChI=1S/C12H18Cl2N2O/c1-8(6-7-17-2)12(16-15)11-9(13)4-3-5-10(11)14/h3-5,8,12,16H,6-7,15H2,1-2H3. The molecule has 0 aliphatic rings. The van der Waals surface area contributed by atoms with Gasteiger partial charge in [-0.25, -0.2) is 0 Å². The Morgan fingerprint density at radius 2 is 1.94 bits per heavy atom. The highest BCUT2D eigenvalue weighted by atomic mass is 35.5. The van der Waals surface area contributed by atoms with Crippen molar-refractivity contribution in [2.45, 2.75) is 19.4 Å². The molecule has 0 amide bonds. The number of nitrogens with one attached hydrogen (secondary N) is 1. The summed E-state index contributed by atoms with van der Waals surface area (Å²) in [5.74, 6) is 5.88. The van der Waals surface area contributed by atoms with Gasteiger partial charge in [0, 0.05) is 29.3 Å². The molecule has 0 aliphatic heterocycles. The smallest absolute Gasteiger partial charge is 0.0515 e. The second kappa shape index (κ2) is 7.19. The molecule has 17 heavy (non-hydrogen) atoms. The predicted molar refractivity (Wildman–Crippen MR) is 72.2 cm³/mol. The van der Waals surface area contributed by atoms with Crippen molar-refractivity contribution in [2.75, 3.05) is 13.7 Å². The molecule has 3 N–H and O–H groups in total. The first-order chi connectivity index (χ1) is 8.11. The highest BCUT2D eigenvalue weighted by molar-refractivity contribution is 6.36. The van der Waals surface area contributed by atoms with Crippen molar-refractivity contribution in [2.24, 2.45) is 11.8 Å². The lowest BCUT2D eigenvalue weighted by atomic mass is 9.92. The van der Waals surface area contributed by atoms with E-state index in [-0.39, 0.29) is 12.0 Å². The van der Waals surface area contributed by atoms with E-state index in [4.69, 9.17) is 33.8 Å². The molecule has 5 heteroatoms. The number of rotatable bonds is 6. The van der Waals surface area contributed by atoms with Gasteiger partial charge in [0.15, 0.2) is 0 Å². The Labute approximate surface area is 112 Å². The molecule has 0 bridgehead atoms.